The third-order valence-electron chi connectivity index (χ3n) is 3.10. The Balaban J connectivity index is 2.07. The molecule has 1 aliphatic carbocycles. The Labute approximate surface area is 110 Å². The first-order valence-corrected chi connectivity index (χ1v) is 6.17. The van der Waals surface area contributed by atoms with Crippen molar-refractivity contribution < 1.29 is 4.92 Å². The van der Waals surface area contributed by atoms with E-state index in [1.807, 2.05) is 6.07 Å². The highest BCUT2D eigenvalue weighted by Gasteiger charge is 2.20. The van der Waals surface area contributed by atoms with E-state index in [1.165, 1.54) is 24.3 Å². The summed E-state index contributed by atoms with van der Waals surface area (Å²) in [5.74, 6) is 0.169. The first-order valence-electron chi connectivity index (χ1n) is 6.17. The lowest BCUT2D eigenvalue weighted by atomic mass is 10.1. The maximum atomic E-state index is 11.0. The molecule has 6 nitrogen and oxygen atoms in total. The number of nitrogens with one attached hydrogen (secondary N) is 1. The van der Waals surface area contributed by atoms with Crippen LogP contribution in [-0.4, -0.2) is 16.5 Å². The van der Waals surface area contributed by atoms with Gasteiger partial charge in [0.15, 0.2) is 0 Å². The Morgan fingerprint density at radius 3 is 3.05 bits per heavy atom. The van der Waals surface area contributed by atoms with Gasteiger partial charge in [0.05, 0.1) is 4.92 Å². The van der Waals surface area contributed by atoms with Crippen LogP contribution in [-0.2, 0) is 0 Å². The molecule has 0 saturated carbocycles. The molecule has 0 spiro atoms. The molecule has 1 aromatic heterocycles. The first kappa shape index (κ1) is 13.0. The number of pyridine rings is 1. The van der Waals surface area contributed by atoms with Crippen LogP contribution in [0.1, 0.15) is 31.2 Å². The van der Waals surface area contributed by atoms with Gasteiger partial charge >= 0.3 is 5.69 Å². The van der Waals surface area contributed by atoms with Gasteiger partial charge in [-0.2, -0.15) is 5.26 Å². The molecule has 0 aromatic carbocycles. The highest BCUT2D eigenvalue weighted by atomic mass is 16.6. The lowest BCUT2D eigenvalue weighted by Gasteiger charge is -2.07. The van der Waals surface area contributed by atoms with E-state index in [2.05, 4.69) is 16.4 Å². The molecule has 0 unspecified atom stereocenters. The normalized spacial score (nSPS) is 13.7. The number of hydrogen-bond acceptors (Lipinski definition) is 5. The fraction of sp³-hybridized carbons (Fsp3) is 0.385. The molecule has 0 radical (unpaired) electrons. The van der Waals surface area contributed by atoms with Crippen LogP contribution >= 0.6 is 0 Å². The molecule has 98 valence electrons. The van der Waals surface area contributed by atoms with Gasteiger partial charge < -0.3 is 5.32 Å². The predicted octanol–water partition coefficient (Wildman–Crippen LogP) is 2.77. The fourth-order valence-corrected chi connectivity index (χ4v) is 2.16. The Bertz CT molecular complexity index is 560. The van der Waals surface area contributed by atoms with Crippen LogP contribution in [0.25, 0.3) is 0 Å². The van der Waals surface area contributed by atoms with Gasteiger partial charge in [-0.25, -0.2) is 4.98 Å². The molecule has 0 fully saturated rings. The van der Waals surface area contributed by atoms with Crippen molar-refractivity contribution in [2.45, 2.75) is 25.7 Å². The van der Waals surface area contributed by atoms with Gasteiger partial charge in [-0.05, 0) is 31.7 Å². The summed E-state index contributed by atoms with van der Waals surface area (Å²) in [5, 5.41) is 22.8. The average Bonchev–Trinajstić information content (AvgIpc) is 2.91. The van der Waals surface area contributed by atoms with Crippen LogP contribution in [0.2, 0.25) is 0 Å². The summed E-state index contributed by atoms with van der Waals surface area (Å²) in [6, 6.07) is 3.17. The smallest absolute Gasteiger partial charge is 0.328 e. The standard InChI is InChI=1S/C13H14N4O2/c14-9-11-6-8-16-13(12(11)17(18)19)15-7-5-10-3-1-2-4-10/h3,6,8H,1-2,4-5,7H2,(H,15,16). The summed E-state index contributed by atoms with van der Waals surface area (Å²) in [6.45, 7) is 0.592. The summed E-state index contributed by atoms with van der Waals surface area (Å²) in [4.78, 5) is 14.4. The molecule has 6 heteroatoms. The number of hydrogen-bond donors (Lipinski definition) is 1. The van der Waals surface area contributed by atoms with Crippen molar-refractivity contribution in [1.82, 2.24) is 4.98 Å². The Morgan fingerprint density at radius 1 is 1.58 bits per heavy atom. The second-order valence-corrected chi connectivity index (χ2v) is 4.36. The topological polar surface area (TPSA) is 91.8 Å². The molecule has 0 atom stereocenters. The highest BCUT2D eigenvalue weighted by molar-refractivity contribution is 5.64. The minimum Gasteiger partial charge on any atom is -0.364 e. The molecular formula is C13H14N4O2. The van der Waals surface area contributed by atoms with E-state index in [9.17, 15) is 10.1 Å². The van der Waals surface area contributed by atoms with Crippen molar-refractivity contribution in [1.29, 1.82) is 5.26 Å². The van der Waals surface area contributed by atoms with E-state index >= 15 is 0 Å². The fourth-order valence-electron chi connectivity index (χ4n) is 2.16. The third kappa shape index (κ3) is 3.07. The molecule has 0 amide bonds. The highest BCUT2D eigenvalue weighted by Crippen LogP contribution is 2.26. The average molecular weight is 258 g/mol. The number of rotatable bonds is 5. The number of nitro groups is 1. The molecule has 0 saturated heterocycles. The SMILES string of the molecule is N#Cc1ccnc(NCCC2=CCCC2)c1[N+](=O)[O-]. The molecule has 2 rings (SSSR count). The van der Waals surface area contributed by atoms with E-state index < -0.39 is 4.92 Å². The van der Waals surface area contributed by atoms with Crippen molar-refractivity contribution in [2.75, 3.05) is 11.9 Å². The summed E-state index contributed by atoms with van der Waals surface area (Å²) in [7, 11) is 0. The summed E-state index contributed by atoms with van der Waals surface area (Å²) in [6.07, 6.45) is 7.90. The van der Waals surface area contributed by atoms with Crippen LogP contribution in [0.5, 0.6) is 0 Å². The second-order valence-electron chi connectivity index (χ2n) is 4.36. The Morgan fingerprint density at radius 2 is 2.42 bits per heavy atom. The summed E-state index contributed by atoms with van der Waals surface area (Å²) in [5.41, 5.74) is 1.17. The number of anilines is 1. The molecule has 1 aromatic rings. The largest absolute Gasteiger partial charge is 0.364 e. The van der Waals surface area contributed by atoms with Gasteiger partial charge in [-0.3, -0.25) is 10.1 Å². The van der Waals surface area contributed by atoms with Gasteiger partial charge in [0, 0.05) is 12.7 Å². The monoisotopic (exact) mass is 258 g/mol. The maximum absolute atomic E-state index is 11.0. The maximum Gasteiger partial charge on any atom is 0.328 e. The molecule has 0 bridgehead atoms. The molecule has 1 heterocycles. The lowest BCUT2D eigenvalue weighted by molar-refractivity contribution is -0.384. The van der Waals surface area contributed by atoms with Gasteiger partial charge in [0.2, 0.25) is 5.82 Å². The number of allylic oxidation sites excluding steroid dienone is 1. The Kier molecular flexibility index (Phi) is 4.08. The van der Waals surface area contributed by atoms with Gasteiger partial charge in [-0.15, -0.1) is 0 Å². The predicted molar refractivity (Wildman–Crippen MR) is 70.6 cm³/mol. The van der Waals surface area contributed by atoms with Crippen molar-refractivity contribution in [3.05, 3.63) is 39.6 Å². The summed E-state index contributed by atoms with van der Waals surface area (Å²) < 4.78 is 0. The van der Waals surface area contributed by atoms with Crippen molar-refractivity contribution in [2.24, 2.45) is 0 Å². The van der Waals surface area contributed by atoms with E-state index in [0.717, 1.165) is 19.3 Å². The van der Waals surface area contributed by atoms with Gasteiger partial charge in [-0.1, -0.05) is 11.6 Å². The zero-order valence-corrected chi connectivity index (χ0v) is 10.4. The Hall–Kier alpha value is -2.42. The zero-order valence-electron chi connectivity index (χ0n) is 10.4. The van der Waals surface area contributed by atoms with Gasteiger partial charge in [0.1, 0.15) is 11.6 Å². The molecule has 19 heavy (non-hydrogen) atoms. The quantitative estimate of drug-likeness (QED) is 0.498. The third-order valence-corrected chi connectivity index (χ3v) is 3.10. The van der Waals surface area contributed by atoms with E-state index in [4.69, 9.17) is 5.26 Å². The second kappa shape index (κ2) is 5.96. The molecular weight excluding hydrogens is 244 g/mol. The number of nitrogens with zero attached hydrogens (tertiary/aromatic N) is 3. The molecule has 0 aliphatic heterocycles. The molecule has 1 N–H and O–H groups in total. The van der Waals surface area contributed by atoms with Crippen LogP contribution < -0.4 is 5.32 Å². The van der Waals surface area contributed by atoms with Crippen LogP contribution in [0.3, 0.4) is 0 Å². The first-order chi connectivity index (χ1) is 9.22. The van der Waals surface area contributed by atoms with Crippen molar-refractivity contribution >= 4 is 11.5 Å². The van der Waals surface area contributed by atoms with E-state index in [1.54, 1.807) is 0 Å². The minimum atomic E-state index is -0.567. The zero-order chi connectivity index (χ0) is 13.7. The minimum absolute atomic E-state index is 0.0302. The van der Waals surface area contributed by atoms with Crippen molar-refractivity contribution in [3.8, 4) is 6.07 Å². The molecule has 1 aliphatic rings. The van der Waals surface area contributed by atoms with Gasteiger partial charge in [0.25, 0.3) is 0 Å². The van der Waals surface area contributed by atoms with Crippen LogP contribution in [0.4, 0.5) is 11.5 Å². The van der Waals surface area contributed by atoms with Crippen LogP contribution in [0, 0.1) is 21.4 Å². The van der Waals surface area contributed by atoms with E-state index in [-0.39, 0.29) is 17.1 Å². The lowest BCUT2D eigenvalue weighted by Crippen LogP contribution is -2.07. The number of aromatic nitrogens is 1. The van der Waals surface area contributed by atoms with Crippen molar-refractivity contribution in [3.63, 3.8) is 0 Å². The van der Waals surface area contributed by atoms with Crippen LogP contribution in [0.15, 0.2) is 23.9 Å². The summed E-state index contributed by atoms with van der Waals surface area (Å²) >= 11 is 0. The van der Waals surface area contributed by atoms with E-state index in [0.29, 0.717) is 6.54 Å². The number of nitriles is 1.